The minimum absolute atomic E-state index is 0.0262. The predicted octanol–water partition coefficient (Wildman–Crippen LogP) is 0.245. The van der Waals surface area contributed by atoms with Crippen LogP contribution < -0.4 is 0 Å². The van der Waals surface area contributed by atoms with Gasteiger partial charge in [-0.15, -0.1) is 0 Å². The number of fused-ring (bicyclic) bond motifs is 1. The van der Waals surface area contributed by atoms with Gasteiger partial charge < -0.3 is 9.84 Å². The molecule has 2 fully saturated rings. The molecular weight excluding hydrogens is 160 g/mol. The van der Waals surface area contributed by atoms with E-state index in [-0.39, 0.29) is 31.0 Å². The van der Waals surface area contributed by atoms with Gasteiger partial charge in [0.05, 0.1) is 0 Å². The third-order valence-corrected chi connectivity index (χ3v) is 2.37. The van der Waals surface area contributed by atoms with Gasteiger partial charge in [-0.3, -0.25) is 0 Å². The fourth-order valence-corrected chi connectivity index (χ4v) is 1.59. The fourth-order valence-electron chi connectivity index (χ4n) is 1.59. The molecular formula is C8H14O4. The number of ether oxygens (including phenoxy) is 1. The van der Waals surface area contributed by atoms with E-state index >= 15 is 0 Å². The Hall–Kier alpha value is -0.160. The summed E-state index contributed by atoms with van der Waals surface area (Å²) in [6.07, 6.45) is 2.07. The summed E-state index contributed by atoms with van der Waals surface area (Å²) < 4.78 is 5.37. The standard InChI is InChI=1S/C8H14O4/c1-5-7-8(10-7)6(12-11-5)3-2-4-9/h5-9H,2-4H2,1H3/t5-,6+,7-,8+/m1/s1. The zero-order valence-corrected chi connectivity index (χ0v) is 7.10. The molecule has 0 amide bonds. The van der Waals surface area contributed by atoms with Crippen LogP contribution in [0.5, 0.6) is 0 Å². The van der Waals surface area contributed by atoms with E-state index in [2.05, 4.69) is 0 Å². The smallest absolute Gasteiger partial charge is 0.122 e. The molecule has 0 radical (unpaired) electrons. The van der Waals surface area contributed by atoms with E-state index in [0.29, 0.717) is 0 Å². The second-order valence-electron chi connectivity index (χ2n) is 3.37. The van der Waals surface area contributed by atoms with Gasteiger partial charge in [0, 0.05) is 6.61 Å². The lowest BCUT2D eigenvalue weighted by Gasteiger charge is -2.21. The molecule has 0 aromatic carbocycles. The van der Waals surface area contributed by atoms with Gasteiger partial charge in [0.25, 0.3) is 0 Å². The van der Waals surface area contributed by atoms with E-state index < -0.39 is 0 Å². The largest absolute Gasteiger partial charge is 0.396 e. The van der Waals surface area contributed by atoms with Crippen molar-refractivity contribution < 1.29 is 19.6 Å². The SMILES string of the molecule is C[C@H]1OO[C@@H](CCCO)[C@@H]2O[C@@H]21. The monoisotopic (exact) mass is 174 g/mol. The lowest BCUT2D eigenvalue weighted by atomic mass is 10.1. The Morgan fingerprint density at radius 3 is 2.83 bits per heavy atom. The maximum atomic E-state index is 8.61. The number of hydrogen-bond donors (Lipinski definition) is 1. The van der Waals surface area contributed by atoms with Gasteiger partial charge in [0.1, 0.15) is 24.4 Å². The van der Waals surface area contributed by atoms with Crippen LogP contribution in [0, 0.1) is 0 Å². The van der Waals surface area contributed by atoms with Crippen molar-refractivity contribution in [2.75, 3.05) is 6.61 Å². The van der Waals surface area contributed by atoms with Crippen molar-refractivity contribution in [1.82, 2.24) is 0 Å². The van der Waals surface area contributed by atoms with Crippen LogP contribution in [-0.2, 0) is 14.5 Å². The van der Waals surface area contributed by atoms with Crippen molar-refractivity contribution in [2.24, 2.45) is 0 Å². The van der Waals surface area contributed by atoms with Gasteiger partial charge in [0.2, 0.25) is 0 Å². The minimum atomic E-state index is 0.0262. The Balaban J connectivity index is 1.78. The Kier molecular flexibility index (Phi) is 2.32. The van der Waals surface area contributed by atoms with Gasteiger partial charge in [-0.1, -0.05) is 0 Å². The van der Waals surface area contributed by atoms with E-state index in [1.54, 1.807) is 0 Å². The highest BCUT2D eigenvalue weighted by Gasteiger charge is 2.53. The van der Waals surface area contributed by atoms with E-state index in [0.717, 1.165) is 12.8 Å². The summed E-state index contributed by atoms with van der Waals surface area (Å²) in [7, 11) is 0. The first kappa shape index (κ1) is 8.44. The zero-order chi connectivity index (χ0) is 8.55. The van der Waals surface area contributed by atoms with Gasteiger partial charge in [-0.05, 0) is 19.8 Å². The third kappa shape index (κ3) is 1.47. The molecule has 2 heterocycles. The lowest BCUT2D eigenvalue weighted by molar-refractivity contribution is -0.361. The second kappa shape index (κ2) is 3.30. The summed E-state index contributed by atoms with van der Waals surface area (Å²) in [5, 5.41) is 8.61. The first-order valence-corrected chi connectivity index (χ1v) is 4.41. The summed E-state index contributed by atoms with van der Waals surface area (Å²) in [5.41, 5.74) is 0. The van der Waals surface area contributed by atoms with E-state index in [4.69, 9.17) is 19.6 Å². The van der Waals surface area contributed by atoms with Crippen LogP contribution in [0.1, 0.15) is 19.8 Å². The average Bonchev–Trinajstić information content (AvgIpc) is 2.83. The van der Waals surface area contributed by atoms with Crippen molar-refractivity contribution in [1.29, 1.82) is 0 Å². The molecule has 0 aromatic rings. The number of epoxide rings is 1. The third-order valence-electron chi connectivity index (χ3n) is 2.37. The molecule has 0 bridgehead atoms. The molecule has 12 heavy (non-hydrogen) atoms. The van der Waals surface area contributed by atoms with Crippen LogP contribution in [0.15, 0.2) is 0 Å². The Labute approximate surface area is 71.3 Å². The number of rotatable bonds is 3. The Bertz CT molecular complexity index is 159. The molecule has 4 heteroatoms. The molecule has 4 nitrogen and oxygen atoms in total. The summed E-state index contributed by atoms with van der Waals surface area (Å²) in [6.45, 7) is 2.14. The molecule has 4 atom stereocenters. The lowest BCUT2D eigenvalue weighted by Crippen LogP contribution is -2.34. The summed E-state index contributed by atoms with van der Waals surface area (Å²) in [6, 6.07) is 0. The van der Waals surface area contributed by atoms with Crippen molar-refractivity contribution in [3.05, 3.63) is 0 Å². The number of hydrogen-bond acceptors (Lipinski definition) is 4. The summed E-state index contributed by atoms with van der Waals surface area (Å²) in [4.78, 5) is 10.1. The highest BCUT2D eigenvalue weighted by Crippen LogP contribution is 2.37. The van der Waals surface area contributed by atoms with Crippen LogP contribution in [-0.4, -0.2) is 36.1 Å². The van der Waals surface area contributed by atoms with Gasteiger partial charge in [-0.25, -0.2) is 9.78 Å². The van der Waals surface area contributed by atoms with Crippen LogP contribution in [0.25, 0.3) is 0 Å². The second-order valence-corrected chi connectivity index (χ2v) is 3.37. The molecule has 70 valence electrons. The molecule has 0 aliphatic carbocycles. The van der Waals surface area contributed by atoms with Crippen LogP contribution in [0.2, 0.25) is 0 Å². The Morgan fingerprint density at radius 2 is 2.08 bits per heavy atom. The van der Waals surface area contributed by atoms with Crippen LogP contribution in [0.4, 0.5) is 0 Å². The first-order valence-electron chi connectivity index (χ1n) is 4.41. The molecule has 2 saturated heterocycles. The molecule has 2 aliphatic rings. The van der Waals surface area contributed by atoms with Gasteiger partial charge >= 0.3 is 0 Å². The van der Waals surface area contributed by atoms with Crippen molar-refractivity contribution in [3.63, 3.8) is 0 Å². The van der Waals surface area contributed by atoms with E-state index in [1.807, 2.05) is 6.92 Å². The summed E-state index contributed by atoms with van der Waals surface area (Å²) in [5.74, 6) is 0. The van der Waals surface area contributed by atoms with Crippen LogP contribution >= 0.6 is 0 Å². The first-order chi connectivity index (χ1) is 5.83. The minimum Gasteiger partial charge on any atom is -0.396 e. The Morgan fingerprint density at radius 1 is 1.25 bits per heavy atom. The zero-order valence-electron chi connectivity index (χ0n) is 7.10. The van der Waals surface area contributed by atoms with Crippen molar-refractivity contribution >= 4 is 0 Å². The van der Waals surface area contributed by atoms with Crippen molar-refractivity contribution in [2.45, 2.75) is 44.2 Å². The number of aliphatic hydroxyl groups excluding tert-OH is 1. The van der Waals surface area contributed by atoms with Gasteiger partial charge in [0.15, 0.2) is 0 Å². The quantitative estimate of drug-likeness (QED) is 0.492. The van der Waals surface area contributed by atoms with Crippen LogP contribution in [0.3, 0.4) is 0 Å². The number of aliphatic hydroxyl groups is 1. The molecule has 0 saturated carbocycles. The van der Waals surface area contributed by atoms with Crippen molar-refractivity contribution in [3.8, 4) is 0 Å². The average molecular weight is 174 g/mol. The highest BCUT2D eigenvalue weighted by molar-refractivity contribution is 4.96. The van der Waals surface area contributed by atoms with E-state index in [9.17, 15) is 0 Å². The molecule has 2 aliphatic heterocycles. The molecule has 2 rings (SSSR count). The fraction of sp³-hybridized carbons (Fsp3) is 1.00. The maximum Gasteiger partial charge on any atom is 0.122 e. The molecule has 0 spiro atoms. The molecule has 0 unspecified atom stereocenters. The topological polar surface area (TPSA) is 51.2 Å². The summed E-state index contributed by atoms with van der Waals surface area (Å²) >= 11 is 0. The highest BCUT2D eigenvalue weighted by atomic mass is 17.2. The maximum absolute atomic E-state index is 8.61. The molecule has 1 N–H and O–H groups in total. The van der Waals surface area contributed by atoms with E-state index in [1.165, 1.54) is 0 Å². The predicted molar refractivity (Wildman–Crippen MR) is 40.4 cm³/mol. The molecule has 0 aromatic heterocycles. The van der Waals surface area contributed by atoms with Gasteiger partial charge in [-0.2, -0.15) is 0 Å². The normalized spacial score (nSPS) is 45.5.